The predicted octanol–water partition coefficient (Wildman–Crippen LogP) is 3.22. The fourth-order valence-corrected chi connectivity index (χ4v) is 4.46. The molecule has 0 bridgehead atoms. The number of halogens is 2. The van der Waals surface area contributed by atoms with E-state index in [1.54, 1.807) is 17.0 Å². The van der Waals surface area contributed by atoms with Gasteiger partial charge in [-0.2, -0.15) is 0 Å². The van der Waals surface area contributed by atoms with Crippen molar-refractivity contribution < 1.29 is 14.3 Å². The van der Waals surface area contributed by atoms with Crippen LogP contribution < -0.4 is 0 Å². The maximum atomic E-state index is 13.0. The van der Waals surface area contributed by atoms with E-state index in [1.165, 1.54) is 0 Å². The van der Waals surface area contributed by atoms with Crippen LogP contribution in [0.15, 0.2) is 18.2 Å². The van der Waals surface area contributed by atoms with Crippen molar-refractivity contribution in [2.24, 2.45) is 0 Å². The lowest BCUT2D eigenvalue weighted by atomic mass is 9.83. The highest BCUT2D eigenvalue weighted by Crippen LogP contribution is 2.40. The van der Waals surface area contributed by atoms with Gasteiger partial charge in [-0.25, -0.2) is 0 Å². The first-order chi connectivity index (χ1) is 12.3. The Balaban J connectivity index is 1.82. The average Bonchev–Trinajstić information content (AvgIpc) is 3.06. The first-order valence-electron chi connectivity index (χ1n) is 8.98. The molecule has 1 saturated carbocycles. The topological polar surface area (TPSA) is 42.0 Å². The van der Waals surface area contributed by atoms with Gasteiger partial charge < -0.3 is 19.3 Å². The molecular weight excluding hydrogens is 375 g/mol. The number of rotatable bonds is 4. The lowest BCUT2D eigenvalue weighted by Crippen LogP contribution is -2.65. The highest BCUT2D eigenvalue weighted by atomic mass is 35.5. The van der Waals surface area contributed by atoms with Crippen molar-refractivity contribution in [1.29, 1.82) is 0 Å². The third kappa shape index (κ3) is 3.87. The lowest BCUT2D eigenvalue weighted by molar-refractivity contribution is -0.228. The van der Waals surface area contributed by atoms with Gasteiger partial charge in [0.05, 0.1) is 29.7 Å². The highest BCUT2D eigenvalue weighted by Gasteiger charge is 2.53. The zero-order valence-electron chi connectivity index (χ0n) is 15.5. The van der Waals surface area contributed by atoms with Crippen LogP contribution in [-0.2, 0) is 20.7 Å². The van der Waals surface area contributed by atoms with Crippen LogP contribution in [0, 0.1) is 0 Å². The SMILES string of the molecule is CN(C)[C@H]1CCCC2(OCCO2)[C@@H]1N(C)C(=O)Cc1ccc(Cl)c(Cl)c1. The average molecular weight is 401 g/mol. The molecule has 1 aromatic carbocycles. The predicted molar refractivity (Wildman–Crippen MR) is 103 cm³/mol. The normalized spacial score (nSPS) is 25.0. The van der Waals surface area contributed by atoms with Crippen LogP contribution in [0.4, 0.5) is 0 Å². The Morgan fingerprint density at radius 2 is 1.88 bits per heavy atom. The van der Waals surface area contributed by atoms with Crippen LogP contribution in [0.25, 0.3) is 0 Å². The molecule has 2 aliphatic rings. The Bertz CT molecular complexity index is 662. The Labute approximate surface area is 165 Å². The van der Waals surface area contributed by atoms with E-state index in [9.17, 15) is 4.79 Å². The molecule has 0 N–H and O–H groups in total. The van der Waals surface area contributed by atoms with Gasteiger partial charge in [-0.3, -0.25) is 4.79 Å². The van der Waals surface area contributed by atoms with Gasteiger partial charge in [0.25, 0.3) is 0 Å². The number of carbonyl (C=O) groups is 1. The van der Waals surface area contributed by atoms with E-state index in [0.29, 0.717) is 23.3 Å². The van der Waals surface area contributed by atoms with Crippen LogP contribution in [0.2, 0.25) is 10.0 Å². The minimum Gasteiger partial charge on any atom is -0.345 e. The molecule has 1 aromatic rings. The van der Waals surface area contributed by atoms with Crippen molar-refractivity contribution >= 4 is 29.1 Å². The molecule has 144 valence electrons. The molecule has 0 unspecified atom stereocenters. The molecule has 1 spiro atoms. The third-order valence-electron chi connectivity index (χ3n) is 5.43. The van der Waals surface area contributed by atoms with E-state index in [1.807, 2.05) is 27.2 Å². The van der Waals surface area contributed by atoms with E-state index in [4.69, 9.17) is 32.7 Å². The number of nitrogens with zero attached hydrogens (tertiary/aromatic N) is 2. The molecule has 0 radical (unpaired) electrons. The number of carbonyl (C=O) groups excluding carboxylic acids is 1. The van der Waals surface area contributed by atoms with Gasteiger partial charge >= 0.3 is 0 Å². The zero-order valence-corrected chi connectivity index (χ0v) is 17.0. The van der Waals surface area contributed by atoms with Gasteiger partial charge in [-0.05, 0) is 44.6 Å². The first-order valence-corrected chi connectivity index (χ1v) is 9.73. The maximum absolute atomic E-state index is 13.0. The van der Waals surface area contributed by atoms with E-state index in [2.05, 4.69) is 4.90 Å². The second kappa shape index (κ2) is 8.03. The zero-order chi connectivity index (χ0) is 18.9. The van der Waals surface area contributed by atoms with Gasteiger partial charge in [0.2, 0.25) is 5.91 Å². The molecule has 26 heavy (non-hydrogen) atoms. The molecule has 1 amide bonds. The Morgan fingerprint density at radius 1 is 1.19 bits per heavy atom. The summed E-state index contributed by atoms with van der Waals surface area (Å²) < 4.78 is 12.1. The number of likely N-dealkylation sites (N-methyl/N-ethyl adjacent to an activating group) is 2. The molecule has 5 nitrogen and oxygen atoms in total. The molecule has 1 heterocycles. The molecular formula is C19H26Cl2N2O3. The summed E-state index contributed by atoms with van der Waals surface area (Å²) in [5.41, 5.74) is 0.843. The Kier molecular flexibility index (Phi) is 6.14. The minimum atomic E-state index is -0.699. The molecule has 2 fully saturated rings. The molecule has 3 rings (SSSR count). The fourth-order valence-electron chi connectivity index (χ4n) is 4.14. The van der Waals surface area contributed by atoms with E-state index < -0.39 is 5.79 Å². The number of hydrogen-bond acceptors (Lipinski definition) is 4. The second-order valence-electron chi connectivity index (χ2n) is 7.31. The largest absolute Gasteiger partial charge is 0.345 e. The summed E-state index contributed by atoms with van der Waals surface area (Å²) in [4.78, 5) is 17.0. The molecule has 1 aliphatic heterocycles. The second-order valence-corrected chi connectivity index (χ2v) is 8.12. The van der Waals surface area contributed by atoms with E-state index in [0.717, 1.165) is 24.8 Å². The minimum absolute atomic E-state index is 0.0145. The van der Waals surface area contributed by atoms with Crippen molar-refractivity contribution in [3.05, 3.63) is 33.8 Å². The highest BCUT2D eigenvalue weighted by molar-refractivity contribution is 6.42. The van der Waals surface area contributed by atoms with Crippen molar-refractivity contribution in [3.63, 3.8) is 0 Å². The first kappa shape index (κ1) is 19.9. The van der Waals surface area contributed by atoms with E-state index >= 15 is 0 Å². The van der Waals surface area contributed by atoms with Crippen molar-refractivity contribution in [1.82, 2.24) is 9.80 Å². The van der Waals surface area contributed by atoms with Crippen LogP contribution in [-0.4, -0.2) is 67.9 Å². The summed E-state index contributed by atoms with van der Waals surface area (Å²) in [7, 11) is 5.94. The van der Waals surface area contributed by atoms with Gasteiger partial charge in [0.1, 0.15) is 6.04 Å². The number of amides is 1. The Hall–Kier alpha value is -0.850. The third-order valence-corrected chi connectivity index (χ3v) is 6.17. The fraction of sp³-hybridized carbons (Fsp3) is 0.632. The smallest absolute Gasteiger partial charge is 0.227 e. The molecule has 1 aliphatic carbocycles. The summed E-state index contributed by atoms with van der Waals surface area (Å²) in [6.07, 6.45) is 3.11. The van der Waals surface area contributed by atoms with Crippen LogP contribution in [0.5, 0.6) is 0 Å². The van der Waals surface area contributed by atoms with Crippen LogP contribution in [0.3, 0.4) is 0 Å². The lowest BCUT2D eigenvalue weighted by Gasteiger charge is -2.50. The number of ether oxygens (including phenoxy) is 2. The molecule has 1 saturated heterocycles. The number of hydrogen-bond donors (Lipinski definition) is 0. The summed E-state index contributed by atoms with van der Waals surface area (Å²) in [6.45, 7) is 1.15. The van der Waals surface area contributed by atoms with Crippen molar-refractivity contribution in [2.45, 2.75) is 43.6 Å². The molecule has 2 atom stereocenters. The van der Waals surface area contributed by atoms with Crippen molar-refractivity contribution in [3.8, 4) is 0 Å². The summed E-state index contributed by atoms with van der Waals surface area (Å²) in [5, 5.41) is 0.949. The summed E-state index contributed by atoms with van der Waals surface area (Å²) in [6, 6.07) is 5.34. The van der Waals surface area contributed by atoms with Gasteiger partial charge in [-0.1, -0.05) is 29.3 Å². The van der Waals surface area contributed by atoms with Gasteiger partial charge in [-0.15, -0.1) is 0 Å². The van der Waals surface area contributed by atoms with Crippen LogP contribution in [0.1, 0.15) is 24.8 Å². The standard InChI is InChI=1S/C19H26Cl2N2O3/c1-22(2)16-5-4-8-19(25-9-10-26-19)18(16)23(3)17(24)12-13-6-7-14(20)15(21)11-13/h6-7,11,16,18H,4-5,8-10,12H2,1-3H3/t16-,18+/m0/s1. The van der Waals surface area contributed by atoms with Gasteiger partial charge in [0.15, 0.2) is 5.79 Å². The maximum Gasteiger partial charge on any atom is 0.227 e. The quantitative estimate of drug-likeness (QED) is 0.777. The summed E-state index contributed by atoms with van der Waals surface area (Å²) >= 11 is 12.1. The monoisotopic (exact) mass is 400 g/mol. The van der Waals surface area contributed by atoms with E-state index in [-0.39, 0.29) is 24.4 Å². The Morgan fingerprint density at radius 3 is 2.50 bits per heavy atom. The molecule has 7 heteroatoms. The summed E-state index contributed by atoms with van der Waals surface area (Å²) in [5.74, 6) is -0.685. The van der Waals surface area contributed by atoms with Crippen molar-refractivity contribution in [2.75, 3.05) is 34.4 Å². The number of benzene rings is 1. The molecule has 0 aromatic heterocycles. The van der Waals surface area contributed by atoms with Gasteiger partial charge in [0, 0.05) is 19.5 Å². The van der Waals surface area contributed by atoms with Crippen LogP contribution >= 0.6 is 23.2 Å².